The van der Waals surface area contributed by atoms with Crippen LogP contribution in [0.15, 0.2) is 0 Å². The average molecular weight is 203 g/mol. The van der Waals surface area contributed by atoms with E-state index in [1.54, 1.807) is 0 Å². The quantitative estimate of drug-likeness (QED) is 0.630. The molecule has 0 saturated carbocycles. The number of hydrogen-bond donors (Lipinski definition) is 2. The van der Waals surface area contributed by atoms with Gasteiger partial charge in [-0.2, -0.15) is 0 Å². The summed E-state index contributed by atoms with van der Waals surface area (Å²) in [6, 6.07) is 0.242. The van der Waals surface area contributed by atoms with Crippen LogP contribution in [-0.4, -0.2) is 60.2 Å². The van der Waals surface area contributed by atoms with Gasteiger partial charge in [0, 0.05) is 19.2 Å². The van der Waals surface area contributed by atoms with Crippen LogP contribution in [0.25, 0.3) is 0 Å². The van der Waals surface area contributed by atoms with E-state index in [0.717, 1.165) is 19.4 Å². The second-order valence-corrected chi connectivity index (χ2v) is 3.79. The van der Waals surface area contributed by atoms with Crippen molar-refractivity contribution >= 4 is 0 Å². The Morgan fingerprint density at radius 2 is 2.36 bits per heavy atom. The Balaban J connectivity index is 2.21. The standard InChI is InChI=1S/C10H21NO3/c1-2-14-8-10(13)6-11-5-3-4-9(11)7-12/h9-10,12-13H,2-8H2,1H3/t9-,10?/m0/s1. The van der Waals surface area contributed by atoms with Gasteiger partial charge < -0.3 is 14.9 Å². The Bertz CT molecular complexity index is 154. The Hall–Kier alpha value is -0.160. The number of ether oxygens (including phenoxy) is 1. The minimum absolute atomic E-state index is 0.196. The van der Waals surface area contributed by atoms with E-state index in [0.29, 0.717) is 19.8 Å². The van der Waals surface area contributed by atoms with Crippen LogP contribution in [0.3, 0.4) is 0 Å². The van der Waals surface area contributed by atoms with Crippen LogP contribution >= 0.6 is 0 Å². The van der Waals surface area contributed by atoms with E-state index in [1.165, 1.54) is 0 Å². The molecule has 84 valence electrons. The van der Waals surface area contributed by atoms with Crippen molar-refractivity contribution in [1.82, 2.24) is 4.90 Å². The van der Waals surface area contributed by atoms with E-state index in [1.807, 2.05) is 6.92 Å². The molecule has 1 aliphatic heterocycles. The summed E-state index contributed by atoms with van der Waals surface area (Å²) in [7, 11) is 0. The average Bonchev–Trinajstić information content (AvgIpc) is 2.62. The molecule has 0 bridgehead atoms. The summed E-state index contributed by atoms with van der Waals surface area (Å²) in [6.07, 6.45) is 1.73. The zero-order valence-electron chi connectivity index (χ0n) is 8.85. The Labute approximate surface area is 85.5 Å². The summed E-state index contributed by atoms with van der Waals surface area (Å²) >= 11 is 0. The van der Waals surface area contributed by atoms with Crippen molar-refractivity contribution < 1.29 is 14.9 Å². The van der Waals surface area contributed by atoms with Crippen molar-refractivity contribution in [1.29, 1.82) is 0 Å². The molecule has 1 aliphatic rings. The first-order chi connectivity index (χ1) is 6.77. The van der Waals surface area contributed by atoms with Crippen LogP contribution in [0.2, 0.25) is 0 Å². The lowest BCUT2D eigenvalue weighted by Crippen LogP contribution is -2.39. The van der Waals surface area contributed by atoms with Gasteiger partial charge in [0.25, 0.3) is 0 Å². The highest BCUT2D eigenvalue weighted by Gasteiger charge is 2.25. The summed E-state index contributed by atoms with van der Waals surface area (Å²) in [4.78, 5) is 2.14. The fourth-order valence-corrected chi connectivity index (χ4v) is 1.92. The van der Waals surface area contributed by atoms with Gasteiger partial charge in [0.05, 0.1) is 19.3 Å². The number of rotatable bonds is 6. The third-order valence-corrected chi connectivity index (χ3v) is 2.67. The lowest BCUT2D eigenvalue weighted by molar-refractivity contribution is 0.0140. The van der Waals surface area contributed by atoms with Gasteiger partial charge in [0.2, 0.25) is 0 Å². The molecule has 1 unspecified atom stereocenters. The molecule has 0 spiro atoms. The molecule has 1 rings (SSSR count). The fourth-order valence-electron chi connectivity index (χ4n) is 1.92. The lowest BCUT2D eigenvalue weighted by Gasteiger charge is -2.25. The van der Waals surface area contributed by atoms with Gasteiger partial charge in [0.1, 0.15) is 0 Å². The van der Waals surface area contributed by atoms with E-state index in [2.05, 4.69) is 4.90 Å². The van der Waals surface area contributed by atoms with Crippen LogP contribution in [0.1, 0.15) is 19.8 Å². The molecule has 14 heavy (non-hydrogen) atoms. The Morgan fingerprint density at radius 3 is 3.00 bits per heavy atom. The zero-order chi connectivity index (χ0) is 10.4. The summed E-state index contributed by atoms with van der Waals surface area (Å²) in [5.74, 6) is 0. The highest BCUT2D eigenvalue weighted by atomic mass is 16.5. The summed E-state index contributed by atoms with van der Waals surface area (Å²) in [6.45, 7) is 4.74. The molecule has 1 fully saturated rings. The largest absolute Gasteiger partial charge is 0.395 e. The molecule has 2 atom stereocenters. The van der Waals surface area contributed by atoms with Gasteiger partial charge in [-0.05, 0) is 26.3 Å². The maximum Gasteiger partial charge on any atom is 0.0900 e. The number of likely N-dealkylation sites (tertiary alicyclic amines) is 1. The monoisotopic (exact) mass is 203 g/mol. The predicted octanol–water partition coefficient (Wildman–Crippen LogP) is -0.160. The van der Waals surface area contributed by atoms with Crippen molar-refractivity contribution in [3.8, 4) is 0 Å². The van der Waals surface area contributed by atoms with Crippen LogP contribution in [0.5, 0.6) is 0 Å². The molecule has 0 aromatic rings. The highest BCUT2D eigenvalue weighted by Crippen LogP contribution is 2.16. The van der Waals surface area contributed by atoms with Crippen LogP contribution < -0.4 is 0 Å². The van der Waals surface area contributed by atoms with Gasteiger partial charge in [0.15, 0.2) is 0 Å². The summed E-state index contributed by atoms with van der Waals surface area (Å²) < 4.78 is 5.14. The molecule has 4 nitrogen and oxygen atoms in total. The Kier molecular flexibility index (Phi) is 5.40. The Morgan fingerprint density at radius 1 is 1.57 bits per heavy atom. The van der Waals surface area contributed by atoms with Crippen molar-refractivity contribution in [3.63, 3.8) is 0 Å². The molecule has 1 heterocycles. The van der Waals surface area contributed by atoms with Gasteiger partial charge in [-0.25, -0.2) is 0 Å². The minimum Gasteiger partial charge on any atom is -0.395 e. The first-order valence-corrected chi connectivity index (χ1v) is 5.38. The van der Waals surface area contributed by atoms with Crippen molar-refractivity contribution in [2.75, 3.05) is 32.9 Å². The SMILES string of the molecule is CCOCC(O)CN1CCC[C@H]1CO. The number of β-amino-alcohol motifs (C(OH)–C–C–N with tert-alkyl or cyclic N) is 1. The normalized spacial score (nSPS) is 25.5. The van der Waals surface area contributed by atoms with Crippen molar-refractivity contribution in [2.24, 2.45) is 0 Å². The van der Waals surface area contributed by atoms with Gasteiger partial charge >= 0.3 is 0 Å². The molecule has 0 aromatic heterocycles. The van der Waals surface area contributed by atoms with Crippen LogP contribution in [0.4, 0.5) is 0 Å². The van der Waals surface area contributed by atoms with Crippen molar-refractivity contribution in [3.05, 3.63) is 0 Å². The molecular weight excluding hydrogens is 182 g/mol. The summed E-state index contributed by atoms with van der Waals surface area (Å²) in [5.41, 5.74) is 0. The zero-order valence-corrected chi connectivity index (χ0v) is 8.85. The van der Waals surface area contributed by atoms with Gasteiger partial charge in [-0.1, -0.05) is 0 Å². The van der Waals surface area contributed by atoms with Crippen LogP contribution in [0, 0.1) is 0 Å². The molecular formula is C10H21NO3. The highest BCUT2D eigenvalue weighted by molar-refractivity contribution is 4.80. The molecule has 0 amide bonds. The number of nitrogens with zero attached hydrogens (tertiary/aromatic N) is 1. The van der Waals surface area contributed by atoms with Crippen molar-refractivity contribution in [2.45, 2.75) is 31.9 Å². The molecule has 1 saturated heterocycles. The molecule has 0 aliphatic carbocycles. The van der Waals surface area contributed by atoms with Gasteiger partial charge in [-0.3, -0.25) is 4.90 Å². The second kappa shape index (κ2) is 6.35. The minimum atomic E-state index is -0.429. The third-order valence-electron chi connectivity index (χ3n) is 2.67. The van der Waals surface area contributed by atoms with E-state index in [-0.39, 0.29) is 12.6 Å². The molecule has 2 N–H and O–H groups in total. The predicted molar refractivity (Wildman–Crippen MR) is 54.2 cm³/mol. The topological polar surface area (TPSA) is 52.9 Å². The van der Waals surface area contributed by atoms with E-state index in [4.69, 9.17) is 9.84 Å². The van der Waals surface area contributed by atoms with E-state index < -0.39 is 6.10 Å². The maximum absolute atomic E-state index is 9.61. The second-order valence-electron chi connectivity index (χ2n) is 3.79. The van der Waals surface area contributed by atoms with Gasteiger partial charge in [-0.15, -0.1) is 0 Å². The lowest BCUT2D eigenvalue weighted by atomic mass is 10.2. The van der Waals surface area contributed by atoms with E-state index in [9.17, 15) is 5.11 Å². The maximum atomic E-state index is 9.61. The first kappa shape index (κ1) is 11.9. The molecule has 4 heteroatoms. The smallest absolute Gasteiger partial charge is 0.0900 e. The number of aliphatic hydroxyl groups excluding tert-OH is 2. The number of aliphatic hydroxyl groups is 2. The van der Waals surface area contributed by atoms with E-state index >= 15 is 0 Å². The van der Waals surface area contributed by atoms with Crippen LogP contribution in [-0.2, 0) is 4.74 Å². The molecule has 0 aromatic carbocycles. The first-order valence-electron chi connectivity index (χ1n) is 5.38. The third kappa shape index (κ3) is 3.53. The summed E-state index contributed by atoms with van der Waals surface area (Å²) in [5, 5.41) is 18.7. The number of hydrogen-bond acceptors (Lipinski definition) is 4. The fraction of sp³-hybridized carbons (Fsp3) is 1.00. The molecule has 0 radical (unpaired) electrons.